The van der Waals surface area contributed by atoms with E-state index < -0.39 is 0 Å². The number of benzene rings is 1. The van der Waals surface area contributed by atoms with Gasteiger partial charge < -0.3 is 14.8 Å². The Labute approximate surface area is 123 Å². The first-order valence-electron chi connectivity index (χ1n) is 7.58. The highest BCUT2D eigenvalue weighted by atomic mass is 16.7. The molecule has 1 aliphatic carbocycles. The molecule has 0 spiro atoms. The molecule has 1 aromatic carbocycles. The summed E-state index contributed by atoms with van der Waals surface area (Å²) in [5.41, 5.74) is 0.594. The van der Waals surface area contributed by atoms with Crippen LogP contribution in [0.25, 0.3) is 0 Å². The van der Waals surface area contributed by atoms with E-state index in [9.17, 15) is 10.1 Å². The molecule has 1 saturated carbocycles. The number of anilines is 1. The molecule has 3 rings (SSSR count). The van der Waals surface area contributed by atoms with Crippen molar-refractivity contribution < 1.29 is 14.4 Å². The second kappa shape index (κ2) is 6.20. The van der Waals surface area contributed by atoms with Crippen molar-refractivity contribution in [1.29, 1.82) is 0 Å². The molecule has 0 aromatic heterocycles. The van der Waals surface area contributed by atoms with E-state index in [4.69, 9.17) is 9.47 Å². The lowest BCUT2D eigenvalue weighted by Crippen LogP contribution is -2.21. The third-order valence-corrected chi connectivity index (χ3v) is 4.15. The molecule has 21 heavy (non-hydrogen) atoms. The van der Waals surface area contributed by atoms with Crippen LogP contribution in [0.5, 0.6) is 11.5 Å². The maximum Gasteiger partial charge on any atom is 0.296 e. The zero-order valence-corrected chi connectivity index (χ0v) is 12.0. The first-order chi connectivity index (χ1) is 10.2. The molecule has 6 nitrogen and oxygen atoms in total. The number of nitrogens with zero attached hydrogens (tertiary/aromatic N) is 1. The van der Waals surface area contributed by atoms with Crippen LogP contribution in [0.1, 0.15) is 44.9 Å². The fourth-order valence-corrected chi connectivity index (χ4v) is 3.02. The fraction of sp³-hybridized carbons (Fsp3) is 0.600. The zero-order valence-electron chi connectivity index (χ0n) is 12.0. The van der Waals surface area contributed by atoms with Gasteiger partial charge >= 0.3 is 0 Å². The van der Waals surface area contributed by atoms with Gasteiger partial charge in [0.05, 0.1) is 11.0 Å². The largest absolute Gasteiger partial charge is 0.454 e. The van der Waals surface area contributed by atoms with Crippen molar-refractivity contribution >= 4 is 11.4 Å². The van der Waals surface area contributed by atoms with E-state index in [0.29, 0.717) is 23.2 Å². The van der Waals surface area contributed by atoms with Gasteiger partial charge in [0.1, 0.15) is 5.69 Å². The van der Waals surface area contributed by atoms with Crippen molar-refractivity contribution in [2.75, 3.05) is 12.1 Å². The quantitative estimate of drug-likeness (QED) is 0.676. The van der Waals surface area contributed by atoms with Crippen LogP contribution < -0.4 is 14.8 Å². The number of hydrogen-bond donors (Lipinski definition) is 1. The van der Waals surface area contributed by atoms with E-state index >= 15 is 0 Å². The number of nitro groups is 1. The molecule has 0 saturated heterocycles. The number of nitrogens with one attached hydrogen (secondary N) is 1. The molecule has 1 N–H and O–H groups in total. The predicted octanol–water partition coefficient (Wildman–Crippen LogP) is 3.85. The van der Waals surface area contributed by atoms with E-state index in [1.165, 1.54) is 38.2 Å². The number of rotatable bonds is 3. The van der Waals surface area contributed by atoms with Crippen LogP contribution in [0, 0.1) is 10.1 Å². The van der Waals surface area contributed by atoms with Gasteiger partial charge in [-0.15, -0.1) is 0 Å². The van der Waals surface area contributed by atoms with Gasteiger partial charge in [-0.3, -0.25) is 10.1 Å². The Morgan fingerprint density at radius 1 is 1.05 bits per heavy atom. The SMILES string of the molecule is O=[N+]([O-])c1cc2c(cc1NC1CCCCCCC1)OCO2. The Bertz CT molecular complexity index is 525. The maximum absolute atomic E-state index is 11.3. The monoisotopic (exact) mass is 292 g/mol. The Balaban J connectivity index is 1.81. The highest BCUT2D eigenvalue weighted by Gasteiger charge is 2.25. The van der Waals surface area contributed by atoms with Crippen LogP contribution >= 0.6 is 0 Å². The van der Waals surface area contributed by atoms with Crippen LogP contribution in [-0.2, 0) is 0 Å². The molecule has 114 valence electrons. The Hall–Kier alpha value is -1.98. The van der Waals surface area contributed by atoms with Gasteiger partial charge in [-0.1, -0.05) is 32.1 Å². The van der Waals surface area contributed by atoms with Gasteiger partial charge in [-0.2, -0.15) is 0 Å². The summed E-state index contributed by atoms with van der Waals surface area (Å²) in [6.45, 7) is 0.124. The molecule has 1 heterocycles. The summed E-state index contributed by atoms with van der Waals surface area (Å²) in [6.07, 6.45) is 8.28. The maximum atomic E-state index is 11.3. The van der Waals surface area contributed by atoms with Crippen LogP contribution in [0.3, 0.4) is 0 Å². The van der Waals surface area contributed by atoms with Gasteiger partial charge in [0.25, 0.3) is 5.69 Å². The molecule has 6 heteroatoms. The van der Waals surface area contributed by atoms with E-state index in [2.05, 4.69) is 5.32 Å². The first kappa shape index (κ1) is 14.0. The van der Waals surface area contributed by atoms with Crippen molar-refractivity contribution in [1.82, 2.24) is 0 Å². The molecule has 0 atom stereocenters. The lowest BCUT2D eigenvalue weighted by molar-refractivity contribution is -0.384. The molecule has 0 bridgehead atoms. The van der Waals surface area contributed by atoms with E-state index in [-0.39, 0.29) is 17.4 Å². The van der Waals surface area contributed by atoms with Crippen molar-refractivity contribution in [3.05, 3.63) is 22.2 Å². The Morgan fingerprint density at radius 2 is 1.67 bits per heavy atom. The normalized spacial score (nSPS) is 18.9. The van der Waals surface area contributed by atoms with Gasteiger partial charge in [-0.05, 0) is 12.8 Å². The second-order valence-corrected chi connectivity index (χ2v) is 5.67. The Morgan fingerprint density at radius 3 is 2.33 bits per heavy atom. The molecule has 0 amide bonds. The third kappa shape index (κ3) is 3.20. The third-order valence-electron chi connectivity index (χ3n) is 4.15. The second-order valence-electron chi connectivity index (χ2n) is 5.67. The average Bonchev–Trinajstić information content (AvgIpc) is 2.87. The molecule has 2 aliphatic rings. The number of ether oxygens (including phenoxy) is 2. The van der Waals surface area contributed by atoms with Crippen molar-refractivity contribution in [3.8, 4) is 11.5 Å². The minimum Gasteiger partial charge on any atom is -0.454 e. The van der Waals surface area contributed by atoms with E-state index in [1.54, 1.807) is 6.07 Å². The molecule has 1 aromatic rings. The number of hydrogen-bond acceptors (Lipinski definition) is 5. The highest BCUT2D eigenvalue weighted by Crippen LogP contribution is 2.41. The standard InChI is InChI=1S/C15H20N2O4/c18-17(19)13-9-15-14(20-10-21-15)8-12(13)16-11-6-4-2-1-3-5-7-11/h8-9,11,16H,1-7,10H2. The first-order valence-corrected chi connectivity index (χ1v) is 7.58. The molecule has 1 fully saturated rings. The lowest BCUT2D eigenvalue weighted by Gasteiger charge is -2.22. The molecular formula is C15H20N2O4. The van der Waals surface area contributed by atoms with Gasteiger partial charge in [0.2, 0.25) is 6.79 Å². The topological polar surface area (TPSA) is 73.6 Å². The van der Waals surface area contributed by atoms with Crippen molar-refractivity contribution in [2.24, 2.45) is 0 Å². The van der Waals surface area contributed by atoms with Gasteiger partial charge in [0, 0.05) is 12.1 Å². The minimum absolute atomic E-state index is 0.0568. The summed E-state index contributed by atoms with van der Waals surface area (Å²) >= 11 is 0. The fourth-order valence-electron chi connectivity index (χ4n) is 3.02. The summed E-state index contributed by atoms with van der Waals surface area (Å²) < 4.78 is 10.5. The van der Waals surface area contributed by atoms with Gasteiger partial charge in [0.15, 0.2) is 11.5 Å². The molecule has 0 radical (unpaired) electrons. The Kier molecular flexibility index (Phi) is 4.13. The summed E-state index contributed by atoms with van der Waals surface area (Å²) in [5.74, 6) is 1.03. The van der Waals surface area contributed by atoms with Crippen LogP contribution in [0.2, 0.25) is 0 Å². The van der Waals surface area contributed by atoms with Crippen LogP contribution in [-0.4, -0.2) is 17.8 Å². The van der Waals surface area contributed by atoms with Gasteiger partial charge in [-0.25, -0.2) is 0 Å². The predicted molar refractivity (Wildman–Crippen MR) is 78.9 cm³/mol. The smallest absolute Gasteiger partial charge is 0.296 e. The molecule has 0 unspecified atom stereocenters. The summed E-state index contributed by atoms with van der Waals surface area (Å²) in [4.78, 5) is 10.9. The zero-order chi connectivity index (χ0) is 14.7. The van der Waals surface area contributed by atoms with E-state index in [1.807, 2.05) is 0 Å². The van der Waals surface area contributed by atoms with Crippen LogP contribution in [0.4, 0.5) is 11.4 Å². The average molecular weight is 292 g/mol. The van der Waals surface area contributed by atoms with Crippen molar-refractivity contribution in [2.45, 2.75) is 51.0 Å². The summed E-state index contributed by atoms with van der Waals surface area (Å²) in [5, 5.41) is 14.6. The number of nitro benzene ring substituents is 1. The van der Waals surface area contributed by atoms with Crippen molar-refractivity contribution in [3.63, 3.8) is 0 Å². The summed E-state index contributed by atoms with van der Waals surface area (Å²) in [7, 11) is 0. The summed E-state index contributed by atoms with van der Waals surface area (Å²) in [6, 6.07) is 3.44. The molecular weight excluding hydrogens is 272 g/mol. The lowest BCUT2D eigenvalue weighted by atomic mass is 9.96. The van der Waals surface area contributed by atoms with E-state index in [0.717, 1.165) is 12.8 Å². The molecule has 1 aliphatic heterocycles. The number of fused-ring (bicyclic) bond motifs is 1. The van der Waals surface area contributed by atoms with Crippen LogP contribution in [0.15, 0.2) is 12.1 Å². The minimum atomic E-state index is -0.368. The highest BCUT2D eigenvalue weighted by molar-refractivity contribution is 5.69.